The first-order valence-electron chi connectivity index (χ1n) is 17.9. The fourth-order valence-corrected chi connectivity index (χ4v) is 4.46. The monoisotopic (exact) mass is 922 g/mol. The number of carbonyl (C=O) groups excluding carboxylic acids is 3. The molecule has 0 saturated carbocycles. The van der Waals surface area contributed by atoms with Crippen LogP contribution in [0.25, 0.3) is 36.5 Å². The van der Waals surface area contributed by atoms with Gasteiger partial charge in [-0.1, -0.05) is 150 Å². The molecule has 6 rings (SSSR count). The predicted molar refractivity (Wildman–Crippen MR) is 245 cm³/mol. The molecule has 6 aromatic carbocycles. The Morgan fingerprint density at radius 2 is 0.508 bits per heavy atom. The van der Waals surface area contributed by atoms with Crippen molar-refractivity contribution in [2.45, 2.75) is 0 Å². The minimum atomic E-state index is -0.167. The van der Waals surface area contributed by atoms with E-state index in [1.54, 1.807) is 36.5 Å². The van der Waals surface area contributed by atoms with E-state index in [1.807, 2.05) is 182 Å². The van der Waals surface area contributed by atoms with Crippen LogP contribution in [0.15, 0.2) is 200 Å². The van der Waals surface area contributed by atoms with Crippen LogP contribution in [0.1, 0.15) is 33.4 Å². The molecule has 0 heterocycles. The molecule has 0 aliphatic heterocycles. The third kappa shape index (κ3) is 25.3. The first-order valence-corrected chi connectivity index (χ1v) is 19.0. The Labute approximate surface area is 377 Å². The number of hydrogen-bond acceptors (Lipinski definition) is 3. The maximum atomic E-state index is 11.6. The van der Waals surface area contributed by atoms with E-state index in [1.165, 1.54) is 18.2 Å². The number of allylic oxidation sites excluding steroid dienone is 6. The molecule has 0 fully saturated rings. The van der Waals surface area contributed by atoms with Crippen molar-refractivity contribution in [3.8, 4) is 0 Å². The van der Waals surface area contributed by atoms with E-state index in [4.69, 9.17) is 34.8 Å². The summed E-state index contributed by atoms with van der Waals surface area (Å²) >= 11 is 14.2. The van der Waals surface area contributed by atoms with E-state index in [-0.39, 0.29) is 42.1 Å². The molecule has 0 aromatic heterocycles. The minimum Gasteiger partial charge on any atom is -0.319 e. The fourth-order valence-electron chi connectivity index (χ4n) is 4.46. The number of ketones is 3. The van der Waals surface area contributed by atoms with E-state index < -0.39 is 0 Å². The van der Waals surface area contributed by atoms with Crippen LogP contribution >= 0.6 is 34.8 Å². The summed E-state index contributed by atoms with van der Waals surface area (Å²) in [5.41, 5.74) is 5.93. The van der Waals surface area contributed by atoms with Crippen molar-refractivity contribution in [1.82, 2.24) is 0 Å². The maximum absolute atomic E-state index is 11.6. The minimum absolute atomic E-state index is 0. The first-order chi connectivity index (χ1) is 28.3. The number of halogens is 3. The van der Waals surface area contributed by atoms with Crippen molar-refractivity contribution in [1.29, 1.82) is 0 Å². The first kappa shape index (κ1) is 49.4. The van der Waals surface area contributed by atoms with E-state index in [0.29, 0.717) is 0 Å². The number of carbonyl (C=O) groups is 3. The average Bonchev–Trinajstić information content (AvgIpc) is 3.27. The Bertz CT molecular complexity index is 1820. The van der Waals surface area contributed by atoms with Crippen molar-refractivity contribution in [2.24, 2.45) is 0 Å². The van der Waals surface area contributed by atoms with Gasteiger partial charge in [0.2, 0.25) is 0 Å². The van der Waals surface area contributed by atoms with Crippen LogP contribution in [0.4, 0.5) is 0 Å². The normalized spacial score (nSPS) is 10.8. The van der Waals surface area contributed by atoms with Crippen LogP contribution in [-0.4, -0.2) is 17.3 Å². The van der Waals surface area contributed by atoms with Gasteiger partial charge in [0.15, 0.2) is 0 Å². The Hall–Kier alpha value is -5.70. The maximum Gasteiger partial charge on any atom is 0.0684 e. The topological polar surface area (TPSA) is 51.2 Å². The predicted octanol–water partition coefficient (Wildman–Crippen LogP) is 13.5. The SMILES string of the molecule is Cl[C-](Cl)Cl.O=C([C-]=Cc1ccccc1)C=Cc1ccccc1.O=C([C-]=Cc1ccccc1)C=Cc1ccccc1.O=C([C-]=Cc1ccccc1)C=Cc1ccccc1.[Pd]. The van der Waals surface area contributed by atoms with Crippen molar-refractivity contribution >= 4 is 88.6 Å². The molecule has 3 nitrogen and oxygen atoms in total. The van der Waals surface area contributed by atoms with Gasteiger partial charge in [-0.3, -0.25) is 0 Å². The van der Waals surface area contributed by atoms with Crippen LogP contribution < -0.4 is 0 Å². The average molecular weight is 925 g/mol. The van der Waals surface area contributed by atoms with Gasteiger partial charge in [0, 0.05) is 20.4 Å². The summed E-state index contributed by atoms with van der Waals surface area (Å²) in [6, 6.07) is 58.1. The molecule has 6 aromatic rings. The van der Waals surface area contributed by atoms with E-state index in [0.717, 1.165) is 33.4 Å². The van der Waals surface area contributed by atoms with Gasteiger partial charge in [-0.15, -0.1) is 108 Å². The largest absolute Gasteiger partial charge is 0.319 e. The third-order valence-electron chi connectivity index (χ3n) is 7.22. The quantitative estimate of drug-likeness (QED) is 0.0698. The van der Waals surface area contributed by atoms with Gasteiger partial charge >= 0.3 is 0 Å². The molecule has 0 atom stereocenters. The summed E-state index contributed by atoms with van der Waals surface area (Å²) in [4.78, 5) is 34.7. The summed E-state index contributed by atoms with van der Waals surface area (Å²) in [5, 5.41) is 0. The van der Waals surface area contributed by atoms with Gasteiger partial charge in [-0.05, 0) is 16.7 Å². The second-order valence-electron chi connectivity index (χ2n) is 11.6. The second kappa shape index (κ2) is 31.3. The van der Waals surface area contributed by atoms with Gasteiger partial charge < -0.3 is 49.2 Å². The molecule has 0 aliphatic rings. The standard InChI is InChI=1S/3C17H13O.CCl3.Pd/c3*18-17(13-11-15-7-3-1-4-8-15)14-12-16-9-5-2-6-10-16;2-1(3)4;/h3*1-13H;;/q4*-1;. The Balaban J connectivity index is 0.000000289. The van der Waals surface area contributed by atoms with E-state index >= 15 is 0 Å². The van der Waals surface area contributed by atoms with Crippen LogP contribution in [-0.2, 0) is 34.8 Å². The zero-order valence-corrected chi connectivity index (χ0v) is 35.5. The van der Waals surface area contributed by atoms with Gasteiger partial charge in [0.1, 0.15) is 0 Å². The molecule has 0 bridgehead atoms. The van der Waals surface area contributed by atoms with Gasteiger partial charge in [0.05, 0.1) is 17.3 Å². The molecular weight excluding hydrogens is 885 g/mol. The summed E-state index contributed by atoms with van der Waals surface area (Å²) in [6.45, 7) is 0. The van der Waals surface area contributed by atoms with Crippen LogP contribution in [0.5, 0.6) is 0 Å². The molecule has 0 unspecified atom stereocenters. The van der Waals surface area contributed by atoms with Crippen molar-refractivity contribution in [3.63, 3.8) is 0 Å². The van der Waals surface area contributed by atoms with E-state index in [2.05, 4.69) is 18.2 Å². The summed E-state index contributed by atoms with van der Waals surface area (Å²) < 4.78 is -0.167. The molecule has 0 aliphatic carbocycles. The van der Waals surface area contributed by atoms with Crippen LogP contribution in [0.3, 0.4) is 0 Å². The Morgan fingerprint density at radius 1 is 0.339 bits per heavy atom. The fraction of sp³-hybridized carbons (Fsp3) is 0. The van der Waals surface area contributed by atoms with Gasteiger partial charge in [-0.2, -0.15) is 18.2 Å². The Morgan fingerprint density at radius 3 is 0.695 bits per heavy atom. The van der Waals surface area contributed by atoms with Crippen molar-refractivity contribution in [2.75, 3.05) is 0 Å². The molecule has 0 saturated heterocycles. The molecular formula is C52H39Cl3O3Pd-4. The van der Waals surface area contributed by atoms with Crippen LogP contribution in [0.2, 0.25) is 0 Å². The zero-order chi connectivity index (χ0) is 41.5. The second-order valence-corrected chi connectivity index (χ2v) is 13.4. The smallest absolute Gasteiger partial charge is 0.0684 e. The summed E-state index contributed by atoms with van der Waals surface area (Å²) in [6.07, 6.45) is 23.2. The molecule has 0 amide bonds. The Kier molecular flexibility index (Phi) is 26.2. The summed E-state index contributed by atoms with van der Waals surface area (Å²) in [5.74, 6) is -0.409. The van der Waals surface area contributed by atoms with Gasteiger partial charge in [0.25, 0.3) is 0 Å². The third-order valence-corrected chi connectivity index (χ3v) is 7.22. The van der Waals surface area contributed by atoms with Crippen molar-refractivity contribution in [3.05, 3.63) is 256 Å². The number of hydrogen-bond donors (Lipinski definition) is 0. The molecule has 0 spiro atoms. The number of benzene rings is 6. The van der Waals surface area contributed by atoms with E-state index in [9.17, 15) is 14.4 Å². The summed E-state index contributed by atoms with van der Waals surface area (Å²) in [7, 11) is 0. The van der Waals surface area contributed by atoms with Crippen LogP contribution in [0, 0.1) is 22.5 Å². The zero-order valence-electron chi connectivity index (χ0n) is 31.7. The number of rotatable bonds is 12. The molecule has 59 heavy (non-hydrogen) atoms. The van der Waals surface area contributed by atoms with Gasteiger partial charge in [-0.25, -0.2) is 0 Å². The molecule has 7 heteroatoms. The molecule has 0 radical (unpaired) electrons. The molecule has 300 valence electrons. The molecule has 0 N–H and O–H groups in total. The van der Waals surface area contributed by atoms with Crippen molar-refractivity contribution < 1.29 is 34.8 Å².